The molecule has 0 aliphatic rings. The summed E-state index contributed by atoms with van der Waals surface area (Å²) in [4.78, 5) is -0.507. The summed E-state index contributed by atoms with van der Waals surface area (Å²) in [6, 6.07) is 41.0. The molecule has 0 fully saturated rings. The van der Waals surface area contributed by atoms with E-state index in [-0.39, 0.29) is 50.1 Å². The molecule has 0 saturated heterocycles. The number of ether oxygens (including phenoxy) is 3. The zero-order valence-corrected chi connectivity index (χ0v) is 42.6. The van der Waals surface area contributed by atoms with Crippen molar-refractivity contribution in [1.29, 1.82) is 5.26 Å². The first kappa shape index (κ1) is 59.1. The molecule has 8 aromatic carbocycles. The SMILES string of the molecule is N#Cc1ccccc1Cc1c(Cc2ccccc2-c2ccccc2)c(C(Cc2cccc(OC(F)(F)F)c2)Cc2ccccc2OC(F)(F)F)c(Cc2ccc(OC(F)(F)F)cc2)c(Cc2ccccc2SC(F)(F)F)c1C(F)(F)F. The summed E-state index contributed by atoms with van der Waals surface area (Å²) in [6.07, 6.45) is -24.9. The molecule has 0 amide bonds. The maximum Gasteiger partial charge on any atom is 0.573 e. The van der Waals surface area contributed by atoms with Crippen molar-refractivity contribution in [3.63, 3.8) is 0 Å². The van der Waals surface area contributed by atoms with E-state index in [9.17, 15) is 57.9 Å². The van der Waals surface area contributed by atoms with Crippen molar-refractivity contribution in [2.45, 2.75) is 80.1 Å². The van der Waals surface area contributed by atoms with E-state index < -0.39 is 126 Å². The highest BCUT2D eigenvalue weighted by molar-refractivity contribution is 8.00. The first-order valence-electron chi connectivity index (χ1n) is 24.4. The molecule has 0 aliphatic carbocycles. The zero-order chi connectivity index (χ0) is 58.3. The van der Waals surface area contributed by atoms with Gasteiger partial charge in [0.05, 0.1) is 17.2 Å². The van der Waals surface area contributed by atoms with Gasteiger partial charge in [0, 0.05) is 4.90 Å². The lowest BCUT2D eigenvalue weighted by Gasteiger charge is -2.33. The Kier molecular flexibility index (Phi) is 17.8. The third-order valence-electron chi connectivity index (χ3n) is 13.0. The molecule has 8 aromatic rings. The second-order valence-corrected chi connectivity index (χ2v) is 19.6. The number of thioether (sulfide) groups is 1. The summed E-state index contributed by atoms with van der Waals surface area (Å²) in [5.74, 6) is -3.64. The van der Waals surface area contributed by atoms with E-state index in [1.54, 1.807) is 54.6 Å². The van der Waals surface area contributed by atoms with E-state index in [4.69, 9.17) is 0 Å². The predicted molar refractivity (Wildman–Crippen MR) is 274 cm³/mol. The Hall–Kier alpha value is -8.05. The van der Waals surface area contributed by atoms with E-state index in [1.165, 1.54) is 72.8 Å². The number of benzene rings is 8. The average molecular weight is 1150 g/mol. The maximum atomic E-state index is 17.1. The van der Waals surface area contributed by atoms with Gasteiger partial charge < -0.3 is 14.2 Å². The van der Waals surface area contributed by atoms with E-state index in [2.05, 4.69) is 14.2 Å². The van der Waals surface area contributed by atoms with Crippen molar-refractivity contribution < 1.29 is 80.1 Å². The first-order chi connectivity index (χ1) is 38.2. The Bertz CT molecular complexity index is 3510. The molecule has 0 aromatic heterocycles. The monoisotopic (exact) mass is 1150 g/mol. The van der Waals surface area contributed by atoms with E-state index in [1.807, 2.05) is 6.07 Å². The summed E-state index contributed by atoms with van der Waals surface area (Å²) in [5.41, 5.74) is -6.89. The van der Waals surface area contributed by atoms with Crippen LogP contribution in [0.2, 0.25) is 0 Å². The van der Waals surface area contributed by atoms with Crippen LogP contribution < -0.4 is 14.2 Å². The van der Waals surface area contributed by atoms with E-state index in [0.717, 1.165) is 48.5 Å². The smallest absolute Gasteiger partial charge is 0.406 e. The zero-order valence-electron chi connectivity index (χ0n) is 41.8. The van der Waals surface area contributed by atoms with Gasteiger partial charge in [-0.1, -0.05) is 133 Å². The normalized spacial score (nSPS) is 12.7. The summed E-state index contributed by atoms with van der Waals surface area (Å²) >= 11 is -0.604. The number of alkyl halides is 15. The fourth-order valence-corrected chi connectivity index (χ4v) is 10.7. The number of halogens is 15. The van der Waals surface area contributed by atoms with Gasteiger partial charge in [-0.25, -0.2) is 0 Å². The lowest BCUT2D eigenvalue weighted by Crippen LogP contribution is -2.24. The highest BCUT2D eigenvalue weighted by Gasteiger charge is 2.43. The highest BCUT2D eigenvalue weighted by atomic mass is 32.2. The Morgan fingerprint density at radius 2 is 0.963 bits per heavy atom. The van der Waals surface area contributed by atoms with Gasteiger partial charge in [0.15, 0.2) is 0 Å². The van der Waals surface area contributed by atoms with Crippen LogP contribution in [-0.4, -0.2) is 24.6 Å². The number of para-hydroxylation sites is 1. The predicted octanol–water partition coefficient (Wildman–Crippen LogP) is 18.5. The van der Waals surface area contributed by atoms with E-state index in [0.29, 0.717) is 16.7 Å². The molecule has 0 radical (unpaired) electrons. The fraction of sp³-hybridized carbons (Fsp3) is 0.197. The van der Waals surface area contributed by atoms with Crippen LogP contribution in [0.1, 0.15) is 78.2 Å². The van der Waals surface area contributed by atoms with Crippen LogP contribution in [0.5, 0.6) is 17.2 Å². The topological polar surface area (TPSA) is 51.5 Å². The molecular formula is C61H42F15NO3S. The van der Waals surface area contributed by atoms with Crippen molar-refractivity contribution in [3.05, 3.63) is 248 Å². The summed E-state index contributed by atoms with van der Waals surface area (Å²) in [5, 5.41) is 10.4. The molecule has 8 rings (SSSR count). The fourth-order valence-electron chi connectivity index (χ4n) is 10.0. The molecule has 4 nitrogen and oxygen atoms in total. The quantitative estimate of drug-likeness (QED) is 0.0633. The Balaban J connectivity index is 1.58. The standard InChI is InChI=1S/C61H42F15NO3S/c62-57(63,64)56-51(33-40-16-4-5-20-44(40)36-77)50(34-41-17-6-9-22-48(41)39-14-2-1-3-15-39)55(45(29-38-13-12-21-47(30-38)79-59(68,69)70)32-42-18-7-10-23-53(42)80-60(71,72)73)49(31-37-25-27-46(28-26-37)78-58(65,66)67)52(56)35-43-19-8-11-24-54(43)81-61(74,75)76/h1-28,30,45H,29,31-35H2. The van der Waals surface area contributed by atoms with Gasteiger partial charge in [0.1, 0.15) is 17.2 Å². The number of nitrogens with zero attached hydrogens (tertiary/aromatic N) is 1. The minimum absolute atomic E-state index is 0.0240. The molecule has 0 spiro atoms. The minimum atomic E-state index is -5.42. The minimum Gasteiger partial charge on any atom is -0.406 e. The van der Waals surface area contributed by atoms with Crippen molar-refractivity contribution >= 4 is 11.8 Å². The van der Waals surface area contributed by atoms with Crippen molar-refractivity contribution in [2.75, 3.05) is 0 Å². The Morgan fingerprint density at radius 3 is 1.59 bits per heavy atom. The maximum absolute atomic E-state index is 17.1. The Morgan fingerprint density at radius 1 is 0.432 bits per heavy atom. The number of nitriles is 1. The van der Waals surface area contributed by atoms with Crippen LogP contribution in [0, 0.1) is 11.3 Å². The largest absolute Gasteiger partial charge is 0.573 e. The van der Waals surface area contributed by atoms with Crippen LogP contribution in [-0.2, 0) is 44.7 Å². The van der Waals surface area contributed by atoms with Crippen LogP contribution in [0.25, 0.3) is 11.1 Å². The molecule has 0 saturated carbocycles. The average Bonchev–Trinajstić information content (AvgIpc) is 3.58. The summed E-state index contributed by atoms with van der Waals surface area (Å²) < 4.78 is 232. The van der Waals surface area contributed by atoms with Gasteiger partial charge >= 0.3 is 30.8 Å². The van der Waals surface area contributed by atoms with Gasteiger partial charge in [-0.2, -0.15) is 31.6 Å². The lowest BCUT2D eigenvalue weighted by atomic mass is 9.72. The molecule has 420 valence electrons. The van der Waals surface area contributed by atoms with Crippen LogP contribution in [0.3, 0.4) is 0 Å². The van der Waals surface area contributed by atoms with Gasteiger partial charge in [0.2, 0.25) is 0 Å². The van der Waals surface area contributed by atoms with Crippen LogP contribution in [0.4, 0.5) is 65.9 Å². The lowest BCUT2D eigenvalue weighted by molar-refractivity contribution is -0.275. The molecule has 20 heteroatoms. The molecule has 0 aliphatic heterocycles. The van der Waals surface area contributed by atoms with E-state index >= 15 is 13.2 Å². The summed E-state index contributed by atoms with van der Waals surface area (Å²) in [6.45, 7) is 0. The van der Waals surface area contributed by atoms with Crippen LogP contribution >= 0.6 is 11.8 Å². The molecule has 0 N–H and O–H groups in total. The second-order valence-electron chi connectivity index (χ2n) is 18.5. The first-order valence-corrected chi connectivity index (χ1v) is 25.3. The van der Waals surface area contributed by atoms with Crippen molar-refractivity contribution in [1.82, 2.24) is 0 Å². The van der Waals surface area contributed by atoms with Gasteiger partial charge in [-0.05, 0) is 171 Å². The molecular weight excluding hydrogens is 1110 g/mol. The third-order valence-corrected chi connectivity index (χ3v) is 13.9. The van der Waals surface area contributed by atoms with Crippen LogP contribution in [0.15, 0.2) is 181 Å². The van der Waals surface area contributed by atoms with Gasteiger partial charge in [0.25, 0.3) is 0 Å². The molecule has 1 unspecified atom stereocenters. The number of rotatable bonds is 18. The van der Waals surface area contributed by atoms with Gasteiger partial charge in [-0.3, -0.25) is 0 Å². The molecule has 0 heterocycles. The van der Waals surface area contributed by atoms with Crippen molar-refractivity contribution in [2.24, 2.45) is 0 Å². The second kappa shape index (κ2) is 24.4. The Labute approximate surface area is 458 Å². The molecule has 1 atom stereocenters. The number of hydrogen-bond acceptors (Lipinski definition) is 5. The third kappa shape index (κ3) is 16.1. The van der Waals surface area contributed by atoms with Crippen molar-refractivity contribution in [3.8, 4) is 34.4 Å². The molecule has 81 heavy (non-hydrogen) atoms. The molecule has 0 bridgehead atoms. The van der Waals surface area contributed by atoms with Gasteiger partial charge in [-0.15, -0.1) is 39.5 Å². The summed E-state index contributed by atoms with van der Waals surface area (Å²) in [7, 11) is 0. The highest BCUT2D eigenvalue weighted by Crippen LogP contribution is 2.49. The number of hydrogen-bond donors (Lipinski definition) is 0.